The van der Waals surface area contributed by atoms with Crippen LogP contribution in [0.25, 0.3) is 0 Å². The van der Waals surface area contributed by atoms with Gasteiger partial charge in [-0.25, -0.2) is 0 Å². The Morgan fingerprint density at radius 2 is 0.938 bits per heavy atom. The van der Waals surface area contributed by atoms with Crippen molar-refractivity contribution < 1.29 is 72.4 Å². The van der Waals surface area contributed by atoms with Crippen molar-refractivity contribution in [2.24, 2.45) is 57.2 Å². The second-order valence-electron chi connectivity index (χ2n) is 20.9. The van der Waals surface area contributed by atoms with Crippen LogP contribution in [0.1, 0.15) is 118 Å². The van der Waals surface area contributed by atoms with E-state index in [1.807, 2.05) is 26.0 Å². The lowest BCUT2D eigenvalue weighted by atomic mass is 9.46. The Morgan fingerprint density at radius 1 is 0.569 bits per heavy atom. The standard InChI is InChI=1S/C50H58O15/c1-45-17-13-29(51)21-27(45)5-7-31-33-15-19-49(61,47(33,3)23-35(53)43(31)45)37(55)25-63-39(57)9-11-41(59)65-42(60)12-10-40(58)64-26-38(56)50(62)20-16-34-32-8-6-28-22-30(52)14-18-46(28,2)44(32)36(54)24-48(34,50)4/h13-14,17-18,21-22,31-34,43-44,61-62H,5-12,15-16,19-20,23-26H2,1-4H3/t31-,32+,33-,34+,43+,44?,45-,46+,47-,48+,49-,50+/m0/s1. The normalized spacial score (nSPS) is 39.9. The molecule has 0 spiro atoms. The van der Waals surface area contributed by atoms with Gasteiger partial charge in [0.15, 0.2) is 24.8 Å². The number of rotatable bonds is 12. The summed E-state index contributed by atoms with van der Waals surface area (Å²) in [4.78, 5) is 129. The van der Waals surface area contributed by atoms with Gasteiger partial charge in [0.1, 0.15) is 22.8 Å². The summed E-state index contributed by atoms with van der Waals surface area (Å²) in [5.41, 5.74) is -5.42. The predicted octanol–water partition coefficient (Wildman–Crippen LogP) is 4.28. The second-order valence-corrected chi connectivity index (χ2v) is 20.9. The molecular formula is C50H58O15. The fourth-order valence-corrected chi connectivity index (χ4v) is 14.3. The van der Waals surface area contributed by atoms with E-state index in [0.717, 1.165) is 11.1 Å². The zero-order valence-corrected chi connectivity index (χ0v) is 37.4. The largest absolute Gasteiger partial charge is 0.458 e. The Labute approximate surface area is 376 Å². The minimum Gasteiger partial charge on any atom is -0.458 e. The highest BCUT2D eigenvalue weighted by Crippen LogP contribution is 2.68. The molecule has 0 aromatic heterocycles. The minimum absolute atomic E-state index is 0.0494. The van der Waals surface area contributed by atoms with E-state index in [4.69, 9.17) is 14.2 Å². The van der Waals surface area contributed by atoms with Crippen LogP contribution in [0.3, 0.4) is 0 Å². The highest BCUT2D eigenvalue weighted by atomic mass is 16.6. The van der Waals surface area contributed by atoms with E-state index in [-0.39, 0.29) is 84.3 Å². The van der Waals surface area contributed by atoms with E-state index < -0.39 is 107 Å². The fourth-order valence-electron chi connectivity index (χ4n) is 14.3. The van der Waals surface area contributed by atoms with Crippen molar-refractivity contribution in [1.29, 1.82) is 0 Å². The fraction of sp³-hybridized carbons (Fsp3) is 0.640. The van der Waals surface area contributed by atoms with Crippen molar-refractivity contribution in [2.45, 2.75) is 129 Å². The van der Waals surface area contributed by atoms with E-state index >= 15 is 0 Å². The number of carbonyl (C=O) groups is 10. The lowest BCUT2D eigenvalue weighted by molar-refractivity contribution is -0.172. The number of fused-ring (bicyclic) bond motifs is 10. The van der Waals surface area contributed by atoms with Gasteiger partial charge in [-0.3, -0.25) is 47.9 Å². The van der Waals surface area contributed by atoms with Crippen molar-refractivity contribution >= 4 is 58.6 Å². The number of allylic oxidation sites excluding steroid dienone is 8. The summed E-state index contributed by atoms with van der Waals surface area (Å²) in [6.07, 6.45) is 11.2. The van der Waals surface area contributed by atoms with Gasteiger partial charge in [0.05, 0.1) is 25.7 Å². The van der Waals surface area contributed by atoms with Gasteiger partial charge in [0.2, 0.25) is 11.6 Å². The summed E-state index contributed by atoms with van der Waals surface area (Å²) in [6.45, 7) is 5.85. The Morgan fingerprint density at radius 3 is 1.32 bits per heavy atom. The van der Waals surface area contributed by atoms with Crippen LogP contribution in [-0.4, -0.2) is 93.2 Å². The number of hydrogen-bond acceptors (Lipinski definition) is 15. The van der Waals surface area contributed by atoms with Gasteiger partial charge in [-0.2, -0.15) is 0 Å². The first kappa shape index (κ1) is 46.5. The molecule has 0 saturated heterocycles. The molecule has 0 radical (unpaired) electrons. The summed E-state index contributed by atoms with van der Waals surface area (Å²) in [5.74, 6) is -7.30. The molecular weight excluding hydrogens is 841 g/mol. The molecule has 0 aromatic rings. The number of hydrogen-bond donors (Lipinski definition) is 2. The molecule has 6 saturated carbocycles. The number of carbonyl (C=O) groups excluding carboxylic acids is 10. The summed E-state index contributed by atoms with van der Waals surface area (Å²) in [5, 5.41) is 23.8. The van der Waals surface area contributed by atoms with Crippen molar-refractivity contribution in [3.05, 3.63) is 47.6 Å². The molecule has 0 bridgehead atoms. The number of aliphatic hydroxyl groups is 2. The monoisotopic (exact) mass is 898 g/mol. The molecule has 6 fully saturated rings. The van der Waals surface area contributed by atoms with Crippen LogP contribution in [0.4, 0.5) is 0 Å². The van der Waals surface area contributed by atoms with Gasteiger partial charge in [-0.15, -0.1) is 0 Å². The van der Waals surface area contributed by atoms with Gasteiger partial charge >= 0.3 is 23.9 Å². The van der Waals surface area contributed by atoms with Crippen molar-refractivity contribution in [3.63, 3.8) is 0 Å². The maximum atomic E-state index is 13.9. The van der Waals surface area contributed by atoms with Crippen LogP contribution < -0.4 is 0 Å². The van der Waals surface area contributed by atoms with E-state index in [1.54, 1.807) is 26.0 Å². The smallest absolute Gasteiger partial charge is 0.314 e. The maximum Gasteiger partial charge on any atom is 0.314 e. The third-order valence-corrected chi connectivity index (χ3v) is 17.8. The van der Waals surface area contributed by atoms with E-state index in [2.05, 4.69) is 0 Å². The lowest BCUT2D eigenvalue weighted by Crippen LogP contribution is -2.60. The molecule has 65 heavy (non-hydrogen) atoms. The zero-order valence-electron chi connectivity index (χ0n) is 37.4. The van der Waals surface area contributed by atoms with Gasteiger partial charge < -0.3 is 24.4 Å². The van der Waals surface area contributed by atoms with Gasteiger partial charge in [0.25, 0.3) is 0 Å². The molecule has 0 amide bonds. The SMILES string of the molecule is C[C@]12C=CC(=O)C=C1CC[C@@H]1[C@@H]2C(=O)C[C@@]2(C)[C@H]1CC[C@]2(O)C(=O)COC(=O)CCC(=O)OC(=O)CCC(=O)OCC(=O)[C@]1(O)CC[C@@H]2[C@H]3CCC4=CC(=O)C=C[C@@]4(C)C3C(=O)C[C@]21C. The summed E-state index contributed by atoms with van der Waals surface area (Å²) in [7, 11) is 0. The topological polar surface area (TPSA) is 239 Å². The molecule has 0 aromatic carbocycles. The Balaban J connectivity index is 0.758. The third-order valence-electron chi connectivity index (χ3n) is 17.8. The summed E-state index contributed by atoms with van der Waals surface area (Å²) < 4.78 is 15.0. The molecule has 15 heteroatoms. The van der Waals surface area contributed by atoms with Crippen molar-refractivity contribution in [1.82, 2.24) is 0 Å². The van der Waals surface area contributed by atoms with Crippen LogP contribution >= 0.6 is 0 Å². The number of esters is 4. The van der Waals surface area contributed by atoms with Crippen molar-refractivity contribution in [2.75, 3.05) is 13.2 Å². The number of Topliss-reactive ketones (excluding diaryl/α,β-unsaturated/α-hetero) is 4. The molecule has 15 nitrogen and oxygen atoms in total. The van der Waals surface area contributed by atoms with Gasteiger partial charge in [-0.1, -0.05) is 51.0 Å². The Kier molecular flexibility index (Phi) is 11.7. The first-order valence-corrected chi connectivity index (χ1v) is 23.0. The number of ether oxygens (including phenoxy) is 3. The average molecular weight is 899 g/mol. The molecule has 2 N–H and O–H groups in total. The highest BCUT2D eigenvalue weighted by molar-refractivity contribution is 6.03. The first-order chi connectivity index (χ1) is 30.5. The Hall–Kier alpha value is -5.02. The zero-order chi connectivity index (χ0) is 47.1. The molecule has 12 atom stereocenters. The van der Waals surface area contributed by atoms with Crippen molar-refractivity contribution in [3.8, 4) is 0 Å². The molecule has 0 aliphatic heterocycles. The van der Waals surface area contributed by atoms with Crippen LogP contribution in [0.15, 0.2) is 47.6 Å². The van der Waals surface area contributed by atoms with Crippen LogP contribution in [0.5, 0.6) is 0 Å². The van der Waals surface area contributed by atoms with Crippen LogP contribution in [-0.2, 0) is 62.2 Å². The lowest BCUT2D eigenvalue weighted by Gasteiger charge is -2.56. The molecule has 8 aliphatic carbocycles. The third kappa shape index (κ3) is 7.39. The first-order valence-electron chi connectivity index (χ1n) is 23.0. The average Bonchev–Trinajstić information content (AvgIpc) is 3.68. The van der Waals surface area contributed by atoms with Crippen LogP contribution in [0, 0.1) is 57.2 Å². The van der Waals surface area contributed by atoms with Crippen LogP contribution in [0.2, 0.25) is 0 Å². The quantitative estimate of drug-likeness (QED) is 0.158. The molecule has 1 unspecified atom stereocenters. The number of ketones is 6. The van der Waals surface area contributed by atoms with E-state index in [9.17, 15) is 58.2 Å². The molecule has 8 aliphatic rings. The molecule has 8 rings (SSSR count). The highest BCUT2D eigenvalue weighted by Gasteiger charge is 2.70. The van der Waals surface area contributed by atoms with E-state index in [1.165, 1.54) is 12.2 Å². The molecule has 348 valence electrons. The van der Waals surface area contributed by atoms with Gasteiger partial charge in [0, 0.05) is 46.3 Å². The minimum atomic E-state index is -1.93. The van der Waals surface area contributed by atoms with Gasteiger partial charge in [-0.05, 0) is 99.3 Å². The van der Waals surface area contributed by atoms with E-state index in [0.29, 0.717) is 38.5 Å². The molecule has 0 heterocycles. The Bertz CT molecular complexity index is 2160. The second kappa shape index (κ2) is 16.4. The summed E-state index contributed by atoms with van der Waals surface area (Å²) >= 11 is 0. The summed E-state index contributed by atoms with van der Waals surface area (Å²) in [6, 6.07) is 0. The predicted molar refractivity (Wildman–Crippen MR) is 225 cm³/mol. The maximum absolute atomic E-state index is 13.9.